The van der Waals surface area contributed by atoms with E-state index < -0.39 is 10.9 Å². The van der Waals surface area contributed by atoms with Crippen molar-refractivity contribution in [2.45, 2.75) is 13.8 Å². The van der Waals surface area contributed by atoms with Gasteiger partial charge in [-0.2, -0.15) is 0 Å². The van der Waals surface area contributed by atoms with Crippen molar-refractivity contribution < 1.29 is 14.8 Å². The molecule has 0 atom stereocenters. The summed E-state index contributed by atoms with van der Waals surface area (Å²) in [5, 5.41) is 20.6. The van der Waals surface area contributed by atoms with E-state index in [0.29, 0.717) is 11.4 Å². The number of aryl methyl sites for hydroxylation is 2. The van der Waals surface area contributed by atoms with Crippen molar-refractivity contribution in [3.63, 3.8) is 0 Å². The van der Waals surface area contributed by atoms with Gasteiger partial charge in [0.05, 0.1) is 27.3 Å². The van der Waals surface area contributed by atoms with E-state index >= 15 is 0 Å². The average molecular weight is 388 g/mol. The first-order valence-corrected chi connectivity index (χ1v) is 8.51. The molecule has 0 bridgehead atoms. The number of nitrogens with zero attached hydrogens (tertiary/aromatic N) is 3. The second-order valence-electron chi connectivity index (χ2n) is 6.24. The first-order chi connectivity index (χ1) is 13.8. The van der Waals surface area contributed by atoms with Crippen molar-refractivity contribution in [2.75, 3.05) is 5.73 Å². The van der Waals surface area contributed by atoms with Crippen LogP contribution in [0.3, 0.4) is 0 Å². The molecule has 2 aromatic carbocycles. The number of nitro groups is 1. The van der Waals surface area contributed by atoms with Gasteiger partial charge < -0.3 is 10.8 Å². The minimum atomic E-state index is -1.06. The van der Waals surface area contributed by atoms with Gasteiger partial charge in [0.15, 0.2) is 0 Å². The summed E-state index contributed by atoms with van der Waals surface area (Å²) in [6, 6.07) is 10.8. The number of para-hydroxylation sites is 1. The molecule has 0 aliphatic heterocycles. The summed E-state index contributed by atoms with van der Waals surface area (Å²) in [5.74, 6) is 5.16. The molecular formula is C21H16N4O4. The Morgan fingerprint density at radius 1 is 1.14 bits per heavy atom. The maximum absolute atomic E-state index is 11.4. The highest BCUT2D eigenvalue weighted by atomic mass is 16.6. The molecule has 29 heavy (non-hydrogen) atoms. The molecule has 0 spiro atoms. The van der Waals surface area contributed by atoms with E-state index in [1.807, 2.05) is 0 Å². The van der Waals surface area contributed by atoms with Crippen molar-refractivity contribution in [3.8, 4) is 23.1 Å². The van der Waals surface area contributed by atoms with E-state index in [4.69, 9.17) is 5.73 Å². The maximum atomic E-state index is 11.4. The van der Waals surface area contributed by atoms with Gasteiger partial charge in [0, 0.05) is 11.6 Å². The summed E-state index contributed by atoms with van der Waals surface area (Å²) in [6.45, 7) is 3.43. The number of benzene rings is 2. The van der Waals surface area contributed by atoms with Crippen molar-refractivity contribution in [1.29, 1.82) is 0 Å². The van der Waals surface area contributed by atoms with E-state index in [0.717, 1.165) is 5.56 Å². The lowest BCUT2D eigenvalue weighted by Crippen LogP contribution is -2.04. The Kier molecular flexibility index (Phi) is 5.23. The summed E-state index contributed by atoms with van der Waals surface area (Å²) < 4.78 is 0. The zero-order valence-corrected chi connectivity index (χ0v) is 15.6. The van der Waals surface area contributed by atoms with E-state index in [2.05, 4.69) is 21.8 Å². The Labute approximate surface area is 166 Å². The lowest BCUT2D eigenvalue weighted by molar-refractivity contribution is -0.384. The second-order valence-corrected chi connectivity index (χ2v) is 6.24. The van der Waals surface area contributed by atoms with Crippen molar-refractivity contribution >= 4 is 17.5 Å². The van der Waals surface area contributed by atoms with Crippen molar-refractivity contribution in [1.82, 2.24) is 9.97 Å². The lowest BCUT2D eigenvalue weighted by Gasteiger charge is -2.08. The van der Waals surface area contributed by atoms with Crippen LogP contribution in [0.1, 0.15) is 32.9 Å². The highest BCUT2D eigenvalue weighted by Crippen LogP contribution is 2.32. The van der Waals surface area contributed by atoms with Crippen LogP contribution in [-0.4, -0.2) is 26.0 Å². The molecule has 0 radical (unpaired) electrons. The number of nitrogen functional groups attached to an aromatic ring is 1. The summed E-state index contributed by atoms with van der Waals surface area (Å²) in [4.78, 5) is 30.6. The van der Waals surface area contributed by atoms with Crippen LogP contribution < -0.4 is 5.73 Å². The Morgan fingerprint density at radius 2 is 1.86 bits per heavy atom. The van der Waals surface area contributed by atoms with Crippen LogP contribution >= 0.6 is 0 Å². The van der Waals surface area contributed by atoms with E-state index in [1.165, 1.54) is 18.2 Å². The number of carboxylic acid groups (broad SMARTS) is 1. The Bertz CT molecular complexity index is 1210. The molecule has 3 aromatic rings. The van der Waals surface area contributed by atoms with E-state index in [1.54, 1.807) is 38.1 Å². The smallest absolute Gasteiger partial charge is 0.335 e. The second kappa shape index (κ2) is 7.78. The molecule has 1 aromatic heterocycles. The first-order valence-electron chi connectivity index (χ1n) is 8.51. The van der Waals surface area contributed by atoms with Crippen LogP contribution in [0.15, 0.2) is 42.5 Å². The molecule has 0 unspecified atom stereocenters. The first kappa shape index (κ1) is 19.5. The largest absolute Gasteiger partial charge is 0.478 e. The average Bonchev–Trinajstić information content (AvgIpc) is 2.67. The Morgan fingerprint density at radius 3 is 2.55 bits per heavy atom. The number of carbonyl (C=O) groups is 1. The summed E-state index contributed by atoms with van der Waals surface area (Å²) >= 11 is 0. The molecule has 3 N–H and O–H groups in total. The van der Waals surface area contributed by atoms with Gasteiger partial charge in [0.1, 0.15) is 11.6 Å². The third kappa shape index (κ3) is 4.04. The number of nitrogens with two attached hydrogens (primary N) is 1. The molecule has 0 fully saturated rings. The van der Waals surface area contributed by atoms with Crippen LogP contribution in [-0.2, 0) is 0 Å². The molecule has 1 heterocycles. The monoisotopic (exact) mass is 388 g/mol. The number of carboxylic acids is 1. The van der Waals surface area contributed by atoms with E-state index in [-0.39, 0.29) is 33.9 Å². The van der Waals surface area contributed by atoms with Crippen LogP contribution in [0.2, 0.25) is 0 Å². The molecule has 8 nitrogen and oxygen atoms in total. The van der Waals surface area contributed by atoms with Crippen LogP contribution in [0.25, 0.3) is 11.3 Å². The van der Waals surface area contributed by atoms with Gasteiger partial charge in [0.25, 0.3) is 5.69 Å². The standard InChI is InChI=1S/C21H16N4O4/c1-12-7-8-15(21(26)27)11-14(12)9-10-17-19(23-13(2)24-20(17)22)16-5-3-4-6-18(16)25(28)29/h3-8,11H,1-2H3,(H,26,27)(H2,22,23,24). The van der Waals surface area contributed by atoms with Crippen LogP contribution in [0, 0.1) is 35.8 Å². The lowest BCUT2D eigenvalue weighted by atomic mass is 10.0. The fraction of sp³-hybridized carbons (Fsp3) is 0.0952. The van der Waals surface area contributed by atoms with Crippen LogP contribution in [0.4, 0.5) is 11.5 Å². The Hall–Kier alpha value is -4.25. The number of hydrogen-bond donors (Lipinski definition) is 2. The highest BCUT2D eigenvalue weighted by molar-refractivity contribution is 5.88. The number of nitro benzene ring substituents is 1. The molecule has 0 saturated heterocycles. The molecule has 0 aliphatic carbocycles. The van der Waals surface area contributed by atoms with Crippen LogP contribution in [0.5, 0.6) is 0 Å². The van der Waals surface area contributed by atoms with Gasteiger partial charge in [0.2, 0.25) is 0 Å². The fourth-order valence-electron chi connectivity index (χ4n) is 2.76. The molecule has 144 valence electrons. The molecule has 3 rings (SSSR count). The topological polar surface area (TPSA) is 132 Å². The summed E-state index contributed by atoms with van der Waals surface area (Å²) in [7, 11) is 0. The number of aromatic carboxylic acids is 1. The summed E-state index contributed by atoms with van der Waals surface area (Å²) in [5.41, 5.74) is 8.07. The maximum Gasteiger partial charge on any atom is 0.335 e. The molecular weight excluding hydrogens is 372 g/mol. The third-order valence-corrected chi connectivity index (χ3v) is 4.21. The fourth-order valence-corrected chi connectivity index (χ4v) is 2.76. The SMILES string of the molecule is Cc1nc(N)c(C#Cc2cc(C(=O)O)ccc2C)c(-c2ccccc2[N+](=O)[O-])n1. The molecule has 0 amide bonds. The predicted octanol–water partition coefficient (Wildman–Crippen LogP) is 3.35. The van der Waals surface area contributed by atoms with Gasteiger partial charge >= 0.3 is 5.97 Å². The number of anilines is 1. The van der Waals surface area contributed by atoms with Gasteiger partial charge in [-0.1, -0.05) is 30.0 Å². The molecule has 8 heteroatoms. The van der Waals surface area contributed by atoms with E-state index in [9.17, 15) is 20.0 Å². The summed E-state index contributed by atoms with van der Waals surface area (Å²) in [6.07, 6.45) is 0. The van der Waals surface area contributed by atoms with Crippen molar-refractivity contribution in [2.24, 2.45) is 0 Å². The van der Waals surface area contributed by atoms with Crippen molar-refractivity contribution in [3.05, 3.63) is 80.7 Å². The zero-order valence-electron chi connectivity index (χ0n) is 15.6. The van der Waals surface area contributed by atoms with Gasteiger partial charge in [-0.25, -0.2) is 14.8 Å². The molecule has 0 aliphatic rings. The van der Waals surface area contributed by atoms with Gasteiger partial charge in [-0.15, -0.1) is 0 Å². The minimum absolute atomic E-state index is 0.0881. The minimum Gasteiger partial charge on any atom is -0.478 e. The van der Waals surface area contributed by atoms with Gasteiger partial charge in [-0.3, -0.25) is 10.1 Å². The highest BCUT2D eigenvalue weighted by Gasteiger charge is 2.20. The quantitative estimate of drug-likeness (QED) is 0.399. The van der Waals surface area contributed by atoms with Gasteiger partial charge in [-0.05, 0) is 37.6 Å². The predicted molar refractivity (Wildman–Crippen MR) is 107 cm³/mol. The third-order valence-electron chi connectivity index (χ3n) is 4.21. The number of hydrogen-bond acceptors (Lipinski definition) is 6. The molecule has 0 saturated carbocycles. The Balaban J connectivity index is 2.22. The normalized spacial score (nSPS) is 10.1. The zero-order chi connectivity index (χ0) is 21.1. The number of rotatable bonds is 3. The number of aromatic nitrogens is 2.